The van der Waals surface area contributed by atoms with Crippen LogP contribution in [0, 0.1) is 20.2 Å². The predicted molar refractivity (Wildman–Crippen MR) is 103 cm³/mol. The van der Waals surface area contributed by atoms with Crippen molar-refractivity contribution in [2.45, 2.75) is 12.8 Å². The molecular formula is C19H14N4O8. The Hall–Kier alpha value is -4.48. The van der Waals surface area contributed by atoms with Crippen LogP contribution in [0.4, 0.5) is 11.4 Å². The molecule has 1 aliphatic heterocycles. The summed E-state index contributed by atoms with van der Waals surface area (Å²) in [5.74, 6) is -3.17. The van der Waals surface area contributed by atoms with Crippen molar-refractivity contribution in [1.29, 1.82) is 0 Å². The average molecular weight is 426 g/mol. The van der Waals surface area contributed by atoms with E-state index in [0.29, 0.717) is 10.0 Å². The fourth-order valence-electron chi connectivity index (χ4n) is 2.99. The first kappa shape index (κ1) is 21.2. The minimum Gasteiger partial charge on any atom is -0.292 e. The van der Waals surface area contributed by atoms with Crippen LogP contribution in [0.3, 0.4) is 0 Å². The van der Waals surface area contributed by atoms with Gasteiger partial charge in [0.05, 0.1) is 9.85 Å². The zero-order valence-corrected chi connectivity index (χ0v) is 15.8. The average Bonchev–Trinajstić information content (AvgIpc) is 3.09. The van der Waals surface area contributed by atoms with E-state index in [-0.39, 0.29) is 29.7 Å². The molecule has 3 rings (SSSR count). The van der Waals surface area contributed by atoms with Gasteiger partial charge in [0.2, 0.25) is 11.8 Å². The Morgan fingerprint density at radius 2 is 1.35 bits per heavy atom. The molecule has 3 amide bonds. The maximum atomic E-state index is 13.0. The van der Waals surface area contributed by atoms with Gasteiger partial charge in [-0.3, -0.25) is 39.4 Å². The van der Waals surface area contributed by atoms with Crippen LogP contribution in [0.5, 0.6) is 0 Å². The molecule has 0 aromatic heterocycles. The molecule has 0 spiro atoms. The Kier molecular flexibility index (Phi) is 5.81. The van der Waals surface area contributed by atoms with E-state index in [1.165, 1.54) is 30.3 Å². The lowest BCUT2D eigenvalue weighted by Gasteiger charge is -2.29. The molecule has 0 unspecified atom stereocenters. The number of Topliss-reactive ketones (excluding diaryl/α,β-unsaturated/α-hetero) is 1. The lowest BCUT2D eigenvalue weighted by molar-refractivity contribution is -0.385. The summed E-state index contributed by atoms with van der Waals surface area (Å²) in [6.07, 6.45) is -0.328. The SMILES string of the molecule is O=C(CN(C(=O)c1cccc([N+](=O)[O-])c1)N1C(=O)CCC1=O)c1cccc([N+](=O)[O-])c1. The predicted octanol–water partition coefficient (Wildman–Crippen LogP) is 1.89. The van der Waals surface area contributed by atoms with Gasteiger partial charge < -0.3 is 0 Å². The fraction of sp³-hybridized carbons (Fsp3) is 0.158. The van der Waals surface area contributed by atoms with Crippen molar-refractivity contribution in [2.24, 2.45) is 0 Å². The van der Waals surface area contributed by atoms with Crippen molar-refractivity contribution in [1.82, 2.24) is 10.0 Å². The topological polar surface area (TPSA) is 161 Å². The summed E-state index contributed by atoms with van der Waals surface area (Å²) < 4.78 is 0. The van der Waals surface area contributed by atoms with Crippen LogP contribution >= 0.6 is 0 Å². The van der Waals surface area contributed by atoms with Crippen LogP contribution in [0.25, 0.3) is 0 Å². The number of nitrogens with zero attached hydrogens (tertiary/aromatic N) is 4. The summed E-state index contributed by atoms with van der Waals surface area (Å²) in [5.41, 5.74) is -1.07. The number of hydrogen-bond donors (Lipinski definition) is 0. The molecule has 0 bridgehead atoms. The fourth-order valence-corrected chi connectivity index (χ4v) is 2.99. The standard InChI is InChI=1S/C19H14N4O8/c24-16(12-3-1-5-14(9-12)22(28)29)11-20(21-17(25)7-8-18(21)26)19(27)13-4-2-6-15(10-13)23(30)31/h1-6,9-10H,7-8,11H2. The first-order valence-corrected chi connectivity index (χ1v) is 8.88. The van der Waals surface area contributed by atoms with E-state index < -0.39 is 45.6 Å². The number of imide groups is 1. The third kappa shape index (κ3) is 4.42. The minimum atomic E-state index is -0.980. The molecule has 0 atom stereocenters. The van der Waals surface area contributed by atoms with Gasteiger partial charge in [-0.2, -0.15) is 5.01 Å². The summed E-state index contributed by atoms with van der Waals surface area (Å²) in [7, 11) is 0. The summed E-state index contributed by atoms with van der Waals surface area (Å²) in [5, 5.41) is 23.1. The first-order valence-electron chi connectivity index (χ1n) is 8.88. The third-order valence-corrected chi connectivity index (χ3v) is 4.48. The van der Waals surface area contributed by atoms with E-state index in [1.807, 2.05) is 0 Å². The second kappa shape index (κ2) is 8.49. The Bertz CT molecular complexity index is 1110. The lowest BCUT2D eigenvalue weighted by Crippen LogP contribution is -2.51. The Morgan fingerprint density at radius 1 is 0.871 bits per heavy atom. The highest BCUT2D eigenvalue weighted by molar-refractivity contribution is 6.08. The van der Waals surface area contributed by atoms with E-state index in [9.17, 15) is 39.4 Å². The number of ketones is 1. The van der Waals surface area contributed by atoms with Gasteiger partial charge in [-0.1, -0.05) is 18.2 Å². The highest BCUT2D eigenvalue weighted by Crippen LogP contribution is 2.21. The number of carbonyl (C=O) groups is 4. The maximum absolute atomic E-state index is 13.0. The van der Waals surface area contributed by atoms with Crippen molar-refractivity contribution in [3.05, 3.63) is 79.9 Å². The monoisotopic (exact) mass is 426 g/mol. The number of carbonyl (C=O) groups excluding carboxylic acids is 4. The Balaban J connectivity index is 1.97. The van der Waals surface area contributed by atoms with Crippen molar-refractivity contribution in [3.63, 3.8) is 0 Å². The first-order chi connectivity index (χ1) is 14.7. The number of hydrogen-bond acceptors (Lipinski definition) is 8. The van der Waals surface area contributed by atoms with E-state index in [0.717, 1.165) is 18.2 Å². The van der Waals surface area contributed by atoms with Gasteiger partial charge in [-0.05, 0) is 6.07 Å². The number of hydrazine groups is 1. The normalized spacial score (nSPS) is 13.2. The summed E-state index contributed by atoms with van der Waals surface area (Å²) >= 11 is 0. The van der Waals surface area contributed by atoms with Gasteiger partial charge in [0, 0.05) is 48.2 Å². The molecule has 12 nitrogen and oxygen atoms in total. The van der Waals surface area contributed by atoms with Gasteiger partial charge in [0.15, 0.2) is 5.78 Å². The molecule has 0 aliphatic carbocycles. The van der Waals surface area contributed by atoms with Crippen molar-refractivity contribution in [3.8, 4) is 0 Å². The molecule has 0 N–H and O–H groups in total. The summed E-state index contributed by atoms with van der Waals surface area (Å²) in [6, 6.07) is 9.36. The van der Waals surface area contributed by atoms with E-state index in [4.69, 9.17) is 0 Å². The van der Waals surface area contributed by atoms with Crippen molar-refractivity contribution < 1.29 is 29.0 Å². The zero-order chi connectivity index (χ0) is 22.7. The quantitative estimate of drug-likeness (QED) is 0.281. The Labute approximate surface area is 173 Å². The molecule has 0 radical (unpaired) electrons. The summed E-state index contributed by atoms with van der Waals surface area (Å²) in [6.45, 7) is -0.778. The highest BCUT2D eigenvalue weighted by atomic mass is 16.6. The second-order valence-corrected chi connectivity index (χ2v) is 6.50. The van der Waals surface area contributed by atoms with Crippen LogP contribution in [0.15, 0.2) is 48.5 Å². The van der Waals surface area contributed by atoms with Crippen LogP contribution < -0.4 is 0 Å². The number of rotatable bonds is 7. The number of amides is 3. The molecule has 1 aliphatic rings. The van der Waals surface area contributed by atoms with Crippen LogP contribution in [-0.2, 0) is 9.59 Å². The van der Waals surface area contributed by atoms with Crippen LogP contribution in [0.1, 0.15) is 33.6 Å². The number of nitro benzene ring substituents is 2. The maximum Gasteiger partial charge on any atom is 0.273 e. The largest absolute Gasteiger partial charge is 0.292 e. The van der Waals surface area contributed by atoms with Crippen molar-refractivity contribution >= 4 is 34.9 Å². The number of non-ortho nitro benzene ring substituents is 2. The highest BCUT2D eigenvalue weighted by Gasteiger charge is 2.38. The summed E-state index contributed by atoms with van der Waals surface area (Å²) in [4.78, 5) is 70.7. The number of nitro groups is 2. The van der Waals surface area contributed by atoms with Gasteiger partial charge >= 0.3 is 0 Å². The smallest absolute Gasteiger partial charge is 0.273 e. The molecule has 1 heterocycles. The molecule has 1 saturated heterocycles. The van der Waals surface area contributed by atoms with Gasteiger partial charge in [-0.15, -0.1) is 0 Å². The molecule has 2 aromatic carbocycles. The molecular weight excluding hydrogens is 412 g/mol. The molecule has 31 heavy (non-hydrogen) atoms. The molecule has 12 heteroatoms. The van der Waals surface area contributed by atoms with Crippen molar-refractivity contribution in [2.75, 3.05) is 6.54 Å². The van der Waals surface area contributed by atoms with E-state index >= 15 is 0 Å². The zero-order valence-electron chi connectivity index (χ0n) is 15.8. The molecule has 0 saturated carbocycles. The van der Waals surface area contributed by atoms with Crippen LogP contribution in [-0.4, -0.2) is 49.9 Å². The van der Waals surface area contributed by atoms with Gasteiger partial charge in [0.1, 0.15) is 6.54 Å². The van der Waals surface area contributed by atoms with Crippen LogP contribution in [0.2, 0.25) is 0 Å². The number of benzene rings is 2. The minimum absolute atomic E-state index is 0.106. The Morgan fingerprint density at radius 3 is 1.87 bits per heavy atom. The van der Waals surface area contributed by atoms with Gasteiger partial charge in [-0.25, -0.2) is 5.01 Å². The molecule has 158 valence electrons. The molecule has 2 aromatic rings. The van der Waals surface area contributed by atoms with E-state index in [2.05, 4.69) is 0 Å². The lowest BCUT2D eigenvalue weighted by atomic mass is 10.1. The van der Waals surface area contributed by atoms with E-state index in [1.54, 1.807) is 0 Å². The molecule has 1 fully saturated rings. The second-order valence-electron chi connectivity index (χ2n) is 6.50. The third-order valence-electron chi connectivity index (χ3n) is 4.48. The van der Waals surface area contributed by atoms with Gasteiger partial charge in [0.25, 0.3) is 17.3 Å².